The van der Waals surface area contributed by atoms with Crippen molar-refractivity contribution in [3.05, 3.63) is 60.2 Å². The highest BCUT2D eigenvalue weighted by atomic mass is 16.5. The van der Waals surface area contributed by atoms with Crippen molar-refractivity contribution in [2.45, 2.75) is 19.0 Å². The Balaban J connectivity index is 1.69. The highest BCUT2D eigenvalue weighted by molar-refractivity contribution is 6.22. The summed E-state index contributed by atoms with van der Waals surface area (Å²) in [5, 5.41) is 3.16. The lowest BCUT2D eigenvalue weighted by molar-refractivity contribution is -0.121. The van der Waals surface area contributed by atoms with Crippen LogP contribution in [0.4, 0.5) is 5.69 Å². The number of rotatable bonds is 5. The molecule has 1 fully saturated rings. The minimum atomic E-state index is -0.482. The van der Waals surface area contributed by atoms with Crippen LogP contribution in [0.3, 0.4) is 0 Å². The molecule has 5 heteroatoms. The molecule has 1 N–H and O–H groups in total. The Morgan fingerprint density at radius 1 is 1.09 bits per heavy atom. The van der Waals surface area contributed by atoms with Gasteiger partial charge in [-0.3, -0.25) is 9.59 Å². The molecule has 0 spiro atoms. The average Bonchev–Trinajstić information content (AvgIpc) is 2.88. The van der Waals surface area contributed by atoms with Crippen LogP contribution in [0.5, 0.6) is 5.75 Å². The standard InChI is InChI=1S/C18H18N2O3/c1-23-15-9-7-14(8-10-15)20-17(21)11-16(18(20)22)19-12-13-5-3-2-4-6-13/h2-10,16,19H,11-12H2,1H3/t16-/m0/s1. The summed E-state index contributed by atoms with van der Waals surface area (Å²) in [6.45, 7) is 0.557. The Labute approximate surface area is 134 Å². The molecule has 0 aromatic heterocycles. The maximum Gasteiger partial charge on any atom is 0.251 e. The molecule has 1 saturated heterocycles. The maximum absolute atomic E-state index is 12.5. The van der Waals surface area contributed by atoms with Crippen molar-refractivity contribution in [3.63, 3.8) is 0 Å². The second-order valence-corrected chi connectivity index (χ2v) is 5.39. The minimum Gasteiger partial charge on any atom is -0.497 e. The van der Waals surface area contributed by atoms with Crippen LogP contribution in [0.1, 0.15) is 12.0 Å². The Hall–Kier alpha value is -2.66. The summed E-state index contributed by atoms with van der Waals surface area (Å²) in [5.74, 6) is 0.286. The topological polar surface area (TPSA) is 58.6 Å². The van der Waals surface area contributed by atoms with Gasteiger partial charge in [-0.15, -0.1) is 0 Å². The van der Waals surface area contributed by atoms with Gasteiger partial charge in [-0.05, 0) is 29.8 Å². The number of carbonyl (C=O) groups is 2. The molecule has 1 atom stereocenters. The fraction of sp³-hybridized carbons (Fsp3) is 0.222. The minimum absolute atomic E-state index is 0.178. The molecule has 118 valence electrons. The van der Waals surface area contributed by atoms with E-state index in [1.165, 1.54) is 4.90 Å². The molecule has 0 bridgehead atoms. The van der Waals surface area contributed by atoms with Crippen LogP contribution in [0.25, 0.3) is 0 Å². The first-order valence-electron chi connectivity index (χ1n) is 7.47. The van der Waals surface area contributed by atoms with Crippen molar-refractivity contribution < 1.29 is 14.3 Å². The van der Waals surface area contributed by atoms with Crippen LogP contribution in [0.2, 0.25) is 0 Å². The molecule has 5 nitrogen and oxygen atoms in total. The predicted octanol–water partition coefficient (Wildman–Crippen LogP) is 2.12. The van der Waals surface area contributed by atoms with Gasteiger partial charge in [0, 0.05) is 6.54 Å². The number of hydrogen-bond acceptors (Lipinski definition) is 4. The van der Waals surface area contributed by atoms with E-state index >= 15 is 0 Å². The molecular formula is C18H18N2O3. The van der Waals surface area contributed by atoms with Crippen LogP contribution in [0, 0.1) is 0 Å². The number of imide groups is 1. The quantitative estimate of drug-likeness (QED) is 0.860. The van der Waals surface area contributed by atoms with Gasteiger partial charge in [0.15, 0.2) is 0 Å². The Morgan fingerprint density at radius 3 is 2.43 bits per heavy atom. The van der Waals surface area contributed by atoms with Crippen LogP contribution in [-0.2, 0) is 16.1 Å². The monoisotopic (exact) mass is 310 g/mol. The van der Waals surface area contributed by atoms with Crippen LogP contribution >= 0.6 is 0 Å². The van der Waals surface area contributed by atoms with Gasteiger partial charge in [-0.25, -0.2) is 4.90 Å². The number of benzene rings is 2. The summed E-state index contributed by atoms with van der Waals surface area (Å²) in [6.07, 6.45) is 0.178. The van der Waals surface area contributed by atoms with E-state index in [1.54, 1.807) is 31.4 Å². The molecule has 2 aromatic carbocycles. The lowest BCUT2D eigenvalue weighted by atomic mass is 10.2. The van der Waals surface area contributed by atoms with E-state index in [0.717, 1.165) is 5.56 Å². The zero-order chi connectivity index (χ0) is 16.2. The normalized spacial score (nSPS) is 17.6. The van der Waals surface area contributed by atoms with Gasteiger partial charge in [0.25, 0.3) is 5.91 Å². The first kappa shape index (κ1) is 15.2. The van der Waals surface area contributed by atoms with Gasteiger partial charge in [0.1, 0.15) is 5.75 Å². The highest BCUT2D eigenvalue weighted by Crippen LogP contribution is 2.25. The molecule has 1 aliphatic heterocycles. The molecule has 0 unspecified atom stereocenters. The molecule has 0 saturated carbocycles. The number of methoxy groups -OCH3 is 1. The number of nitrogens with zero attached hydrogens (tertiary/aromatic N) is 1. The predicted molar refractivity (Wildman–Crippen MR) is 87.2 cm³/mol. The Morgan fingerprint density at radius 2 is 1.78 bits per heavy atom. The Bertz CT molecular complexity index is 698. The van der Waals surface area contributed by atoms with Gasteiger partial charge in [0.05, 0.1) is 25.3 Å². The maximum atomic E-state index is 12.5. The summed E-state index contributed by atoms with van der Waals surface area (Å²) in [7, 11) is 1.57. The second kappa shape index (κ2) is 6.62. The smallest absolute Gasteiger partial charge is 0.251 e. The van der Waals surface area contributed by atoms with E-state index in [1.807, 2.05) is 30.3 Å². The molecule has 23 heavy (non-hydrogen) atoms. The van der Waals surface area contributed by atoms with Crippen molar-refractivity contribution in [2.24, 2.45) is 0 Å². The molecule has 0 aliphatic carbocycles. The fourth-order valence-corrected chi connectivity index (χ4v) is 2.63. The fourth-order valence-electron chi connectivity index (χ4n) is 2.63. The molecule has 2 aromatic rings. The Kier molecular flexibility index (Phi) is 4.39. The number of amides is 2. The number of carbonyl (C=O) groups excluding carboxylic acids is 2. The highest BCUT2D eigenvalue weighted by Gasteiger charge is 2.39. The van der Waals surface area contributed by atoms with Crippen LogP contribution < -0.4 is 15.0 Å². The summed E-state index contributed by atoms with van der Waals surface area (Å²) >= 11 is 0. The van der Waals surface area contributed by atoms with E-state index in [0.29, 0.717) is 18.0 Å². The average molecular weight is 310 g/mol. The lowest BCUT2D eigenvalue weighted by Gasteiger charge is -2.16. The molecular weight excluding hydrogens is 292 g/mol. The summed E-state index contributed by atoms with van der Waals surface area (Å²) in [5.41, 5.74) is 1.65. The van der Waals surface area contributed by atoms with E-state index in [-0.39, 0.29) is 18.2 Å². The third-order valence-electron chi connectivity index (χ3n) is 3.87. The number of ether oxygens (including phenoxy) is 1. The largest absolute Gasteiger partial charge is 0.497 e. The third kappa shape index (κ3) is 3.24. The van der Waals surface area contributed by atoms with Gasteiger partial charge in [0.2, 0.25) is 5.91 Å². The van der Waals surface area contributed by atoms with Crippen LogP contribution in [0.15, 0.2) is 54.6 Å². The van der Waals surface area contributed by atoms with Crippen molar-refractivity contribution in [3.8, 4) is 5.75 Å². The molecule has 0 radical (unpaired) electrons. The number of anilines is 1. The van der Waals surface area contributed by atoms with E-state index < -0.39 is 6.04 Å². The van der Waals surface area contributed by atoms with Gasteiger partial charge < -0.3 is 10.1 Å². The summed E-state index contributed by atoms with van der Waals surface area (Å²) in [6, 6.07) is 16.2. The first-order chi connectivity index (χ1) is 11.2. The van der Waals surface area contributed by atoms with E-state index in [2.05, 4.69) is 5.32 Å². The lowest BCUT2D eigenvalue weighted by Crippen LogP contribution is -2.38. The second-order valence-electron chi connectivity index (χ2n) is 5.39. The summed E-state index contributed by atoms with van der Waals surface area (Å²) < 4.78 is 5.09. The van der Waals surface area contributed by atoms with Crippen molar-refractivity contribution in [1.29, 1.82) is 0 Å². The van der Waals surface area contributed by atoms with Crippen molar-refractivity contribution >= 4 is 17.5 Å². The number of hydrogen-bond donors (Lipinski definition) is 1. The van der Waals surface area contributed by atoms with Crippen molar-refractivity contribution in [1.82, 2.24) is 5.32 Å². The van der Waals surface area contributed by atoms with Gasteiger partial charge in [-0.2, -0.15) is 0 Å². The molecule has 2 amide bonds. The zero-order valence-corrected chi connectivity index (χ0v) is 12.9. The van der Waals surface area contributed by atoms with Crippen molar-refractivity contribution in [2.75, 3.05) is 12.0 Å². The van der Waals surface area contributed by atoms with Gasteiger partial charge >= 0.3 is 0 Å². The van der Waals surface area contributed by atoms with Gasteiger partial charge in [-0.1, -0.05) is 30.3 Å². The summed E-state index contributed by atoms with van der Waals surface area (Å²) in [4.78, 5) is 25.9. The van der Waals surface area contributed by atoms with E-state index in [9.17, 15) is 9.59 Å². The van der Waals surface area contributed by atoms with Crippen LogP contribution in [-0.4, -0.2) is 25.0 Å². The zero-order valence-electron chi connectivity index (χ0n) is 12.9. The SMILES string of the molecule is COc1ccc(N2C(=O)C[C@H](NCc3ccccc3)C2=O)cc1. The number of nitrogens with one attached hydrogen (secondary N) is 1. The molecule has 1 heterocycles. The first-order valence-corrected chi connectivity index (χ1v) is 7.47. The molecule has 3 rings (SSSR count). The molecule has 1 aliphatic rings. The third-order valence-corrected chi connectivity index (χ3v) is 3.87. The van der Waals surface area contributed by atoms with E-state index in [4.69, 9.17) is 4.74 Å².